The van der Waals surface area contributed by atoms with Gasteiger partial charge in [-0.1, -0.05) is 6.92 Å². The molecule has 0 heterocycles. The van der Waals surface area contributed by atoms with Crippen molar-refractivity contribution in [3.63, 3.8) is 0 Å². The van der Waals surface area contributed by atoms with Crippen LogP contribution >= 0.6 is 0 Å². The summed E-state index contributed by atoms with van der Waals surface area (Å²) in [7, 11) is 3.00. The summed E-state index contributed by atoms with van der Waals surface area (Å²) in [5.74, 6) is 0. The zero-order valence-corrected chi connectivity index (χ0v) is 8.85. The normalized spacial score (nSPS) is 3.60. The van der Waals surface area contributed by atoms with E-state index in [-0.39, 0.29) is 19.5 Å². The molecule has 69 valence electrons. The largest absolute Gasteiger partial charge is 1.00 e. The molecule has 0 aromatic carbocycles. The molecule has 0 fully saturated rings. The molecule has 0 bridgehead atoms. The Morgan fingerprint density at radius 2 is 0.900 bits per heavy atom. The van der Waals surface area contributed by atoms with Gasteiger partial charge in [-0.2, -0.15) is 6.42 Å². The van der Waals surface area contributed by atoms with Crippen molar-refractivity contribution in [2.24, 2.45) is 0 Å². The number of rotatable bonds is 0. The fourth-order valence-electron chi connectivity index (χ4n) is 0. The second kappa shape index (κ2) is 304. The Balaban J connectivity index is -0.0000000110. The van der Waals surface area contributed by atoms with Crippen LogP contribution in [0.3, 0.4) is 0 Å². The maximum Gasteiger partial charge on any atom is 1.00 e. The fraction of sp³-hybridized carbons (Fsp3) is 0.833. The molecular formula is C6H19O3Ru. The Labute approximate surface area is 76.8 Å². The van der Waals surface area contributed by atoms with Gasteiger partial charge in [0.2, 0.25) is 0 Å². The minimum Gasteiger partial charge on any atom is -0.400 e. The van der Waals surface area contributed by atoms with Crippen LogP contribution in [0.4, 0.5) is 0 Å². The van der Waals surface area contributed by atoms with Crippen LogP contribution in [-0.2, 0) is 19.5 Å². The summed E-state index contributed by atoms with van der Waals surface area (Å²) < 4.78 is 0. The minimum absolute atomic E-state index is 0. The van der Waals surface area contributed by atoms with Crippen LogP contribution < -0.4 is 0 Å². The molecule has 0 aromatic rings. The van der Waals surface area contributed by atoms with Gasteiger partial charge in [0.1, 0.15) is 0 Å². The van der Waals surface area contributed by atoms with Gasteiger partial charge < -0.3 is 22.2 Å². The third kappa shape index (κ3) is 1890. The zero-order chi connectivity index (χ0) is 8.71. The standard InChI is InChI=1S/C3H7.3CH4O.Ru/c1-3-2;3*1-2;/h1,3H2,2H3;3*2H,1H3;/q-1;;;;+1. The van der Waals surface area contributed by atoms with Crippen molar-refractivity contribution in [1.29, 1.82) is 0 Å². The Hall–Kier alpha value is 0.503. The first-order valence-corrected chi connectivity index (χ1v) is 2.55. The predicted molar refractivity (Wildman–Crippen MR) is 40.1 cm³/mol. The third-order valence-electron chi connectivity index (χ3n) is 0. The van der Waals surface area contributed by atoms with Crippen molar-refractivity contribution in [1.82, 2.24) is 0 Å². The summed E-state index contributed by atoms with van der Waals surface area (Å²) in [5, 5.41) is 21.0. The first-order valence-electron chi connectivity index (χ1n) is 2.55. The van der Waals surface area contributed by atoms with Crippen LogP contribution in [0.25, 0.3) is 0 Å². The summed E-state index contributed by atoms with van der Waals surface area (Å²) in [5.41, 5.74) is 0. The molecule has 0 aliphatic carbocycles. The van der Waals surface area contributed by atoms with Gasteiger partial charge >= 0.3 is 19.5 Å². The van der Waals surface area contributed by atoms with E-state index in [1.54, 1.807) is 0 Å². The third-order valence-corrected chi connectivity index (χ3v) is 0. The van der Waals surface area contributed by atoms with Crippen molar-refractivity contribution in [3.8, 4) is 0 Å². The molecule has 0 saturated carbocycles. The Morgan fingerprint density at radius 1 is 0.900 bits per heavy atom. The van der Waals surface area contributed by atoms with E-state index in [9.17, 15) is 0 Å². The minimum atomic E-state index is 0. The Kier molecular flexibility index (Phi) is 952. The van der Waals surface area contributed by atoms with Crippen molar-refractivity contribution < 1.29 is 34.8 Å². The van der Waals surface area contributed by atoms with E-state index >= 15 is 0 Å². The molecule has 3 nitrogen and oxygen atoms in total. The quantitative estimate of drug-likeness (QED) is 0.414. The van der Waals surface area contributed by atoms with Gasteiger partial charge in [0.25, 0.3) is 0 Å². The maximum absolute atomic E-state index is 7.00. The first-order chi connectivity index (χ1) is 4.41. The van der Waals surface area contributed by atoms with E-state index < -0.39 is 0 Å². The predicted octanol–water partition coefficient (Wildman–Crippen LogP) is 0.0535. The van der Waals surface area contributed by atoms with Crippen molar-refractivity contribution in [2.75, 3.05) is 21.3 Å². The van der Waals surface area contributed by atoms with Gasteiger partial charge in [-0.15, -0.1) is 0 Å². The smallest absolute Gasteiger partial charge is 0.400 e. The molecule has 0 aliphatic rings. The van der Waals surface area contributed by atoms with Crippen LogP contribution in [0.2, 0.25) is 0 Å². The second-order valence-corrected chi connectivity index (χ2v) is 0.500. The summed E-state index contributed by atoms with van der Waals surface area (Å²) in [6.07, 6.45) is 1.00. The maximum atomic E-state index is 7.00. The topological polar surface area (TPSA) is 60.7 Å². The van der Waals surface area contributed by atoms with E-state index in [0.29, 0.717) is 0 Å². The molecule has 3 N–H and O–H groups in total. The second-order valence-electron chi connectivity index (χ2n) is 0.500. The van der Waals surface area contributed by atoms with Crippen molar-refractivity contribution >= 4 is 0 Å². The van der Waals surface area contributed by atoms with Gasteiger partial charge in [-0.05, 0) is 0 Å². The molecule has 0 saturated heterocycles. The van der Waals surface area contributed by atoms with E-state index in [0.717, 1.165) is 27.8 Å². The van der Waals surface area contributed by atoms with Crippen molar-refractivity contribution in [3.05, 3.63) is 6.92 Å². The Bertz CT molecular complexity index is 13.0. The number of hydrogen-bond donors (Lipinski definition) is 3. The molecule has 0 aromatic heterocycles. The molecule has 0 aliphatic heterocycles. The van der Waals surface area contributed by atoms with Gasteiger partial charge in [0.05, 0.1) is 0 Å². The SMILES string of the molecule is CO.CO.CO.[CH2-]CC.[Ru+]. The summed E-state index contributed by atoms with van der Waals surface area (Å²) in [6, 6.07) is 0. The van der Waals surface area contributed by atoms with Crippen LogP contribution in [0.1, 0.15) is 13.3 Å². The number of aliphatic hydroxyl groups is 3. The Morgan fingerprint density at radius 3 is 0.900 bits per heavy atom. The van der Waals surface area contributed by atoms with Crippen LogP contribution in [0, 0.1) is 6.92 Å². The van der Waals surface area contributed by atoms with Gasteiger partial charge in [-0.25, -0.2) is 0 Å². The number of hydrogen-bond acceptors (Lipinski definition) is 3. The molecule has 0 atom stereocenters. The molecule has 0 amide bonds. The van der Waals surface area contributed by atoms with E-state index in [1.807, 2.05) is 6.92 Å². The summed E-state index contributed by atoms with van der Waals surface area (Å²) in [6.45, 7) is 5.50. The van der Waals surface area contributed by atoms with E-state index in [1.165, 1.54) is 0 Å². The first kappa shape index (κ1) is 31.3. The molecule has 4 heteroatoms. The fourth-order valence-corrected chi connectivity index (χ4v) is 0. The number of aliphatic hydroxyl groups excluding tert-OH is 3. The van der Waals surface area contributed by atoms with Crippen LogP contribution in [-0.4, -0.2) is 36.6 Å². The summed E-state index contributed by atoms with van der Waals surface area (Å²) in [4.78, 5) is 0. The summed E-state index contributed by atoms with van der Waals surface area (Å²) >= 11 is 0. The molecule has 10 heavy (non-hydrogen) atoms. The van der Waals surface area contributed by atoms with E-state index in [2.05, 4.69) is 6.92 Å². The van der Waals surface area contributed by atoms with Crippen LogP contribution in [0.5, 0.6) is 0 Å². The molecule has 0 unspecified atom stereocenters. The molecule has 1 radical (unpaired) electrons. The molecule has 0 rings (SSSR count). The monoisotopic (exact) mass is 241 g/mol. The zero-order valence-electron chi connectivity index (χ0n) is 7.11. The van der Waals surface area contributed by atoms with Gasteiger partial charge in [0, 0.05) is 21.3 Å². The van der Waals surface area contributed by atoms with Gasteiger partial charge in [-0.3, -0.25) is 0 Å². The van der Waals surface area contributed by atoms with E-state index in [4.69, 9.17) is 15.3 Å². The van der Waals surface area contributed by atoms with Crippen molar-refractivity contribution in [2.45, 2.75) is 13.3 Å². The molecule has 0 spiro atoms. The average Bonchev–Trinajstić information content (AvgIpc) is 2.01. The average molecular weight is 240 g/mol. The van der Waals surface area contributed by atoms with Crippen LogP contribution in [0.15, 0.2) is 0 Å². The van der Waals surface area contributed by atoms with Gasteiger partial charge in [0.15, 0.2) is 0 Å². The molecular weight excluding hydrogens is 221 g/mol.